The molecule has 0 radical (unpaired) electrons. The lowest BCUT2D eigenvalue weighted by Crippen LogP contribution is -2.35. The molecule has 8 heteroatoms. The van der Waals surface area contributed by atoms with E-state index in [0.29, 0.717) is 30.0 Å². The number of nitrogens with two attached hydrogens (primary N) is 1. The van der Waals surface area contributed by atoms with Gasteiger partial charge in [0.2, 0.25) is 0 Å². The van der Waals surface area contributed by atoms with Crippen molar-refractivity contribution in [2.24, 2.45) is 0 Å². The van der Waals surface area contributed by atoms with Crippen molar-refractivity contribution in [2.75, 3.05) is 18.8 Å². The number of carbonyl (C=O) groups excluding carboxylic acids is 2. The molecule has 2 N–H and O–H groups in total. The molecule has 0 bridgehead atoms. The van der Waals surface area contributed by atoms with Gasteiger partial charge in [0.1, 0.15) is 17.7 Å². The van der Waals surface area contributed by atoms with Gasteiger partial charge in [-0.1, -0.05) is 48.5 Å². The van der Waals surface area contributed by atoms with E-state index in [1.807, 2.05) is 81.4 Å². The lowest BCUT2D eigenvalue weighted by Gasteiger charge is -2.24. The molecular formula is C30H29N5O3. The van der Waals surface area contributed by atoms with E-state index in [-0.39, 0.29) is 18.3 Å². The largest absolute Gasteiger partial charge is 0.444 e. The zero-order chi connectivity index (χ0) is 26.9. The molecular weight excluding hydrogens is 478 g/mol. The lowest BCUT2D eigenvalue weighted by atomic mass is 9.94. The van der Waals surface area contributed by atoms with Crippen molar-refractivity contribution in [2.45, 2.75) is 32.8 Å². The first-order valence-electron chi connectivity index (χ1n) is 12.4. The van der Waals surface area contributed by atoms with E-state index in [1.165, 1.54) is 6.33 Å². The van der Waals surface area contributed by atoms with Crippen LogP contribution in [0.4, 0.5) is 10.6 Å². The van der Waals surface area contributed by atoms with Crippen LogP contribution in [0, 0.1) is 0 Å². The Labute approximate surface area is 221 Å². The van der Waals surface area contributed by atoms with Crippen molar-refractivity contribution in [3.8, 4) is 11.1 Å². The molecule has 0 fully saturated rings. The smallest absolute Gasteiger partial charge is 0.410 e. The van der Waals surface area contributed by atoms with Crippen LogP contribution in [0.5, 0.6) is 0 Å². The van der Waals surface area contributed by atoms with Crippen molar-refractivity contribution in [1.82, 2.24) is 19.9 Å². The van der Waals surface area contributed by atoms with Crippen molar-refractivity contribution in [1.29, 1.82) is 0 Å². The van der Waals surface area contributed by atoms with Crippen LogP contribution in [0.2, 0.25) is 0 Å². The zero-order valence-electron chi connectivity index (χ0n) is 21.6. The van der Waals surface area contributed by atoms with Crippen LogP contribution in [-0.4, -0.2) is 50.4 Å². The van der Waals surface area contributed by atoms with Crippen LogP contribution in [0.1, 0.15) is 42.4 Å². The number of fused-ring (bicyclic) bond motifs is 1. The molecule has 1 aliphatic heterocycles. The SMILES string of the molecule is CC(C)(C)OC(=O)N1CC=C(c2ccc(-c3ccc(C(=O)Cc4ccccn4)cc3)c3c(N)ncnc23)C1. The number of nitrogen functional groups attached to an aromatic ring is 1. The number of benzene rings is 2. The second-order valence-electron chi connectivity index (χ2n) is 10.2. The molecule has 1 amide bonds. The first-order valence-corrected chi connectivity index (χ1v) is 12.4. The Balaban J connectivity index is 1.42. The number of ether oxygens (including phenoxy) is 1. The molecule has 192 valence electrons. The van der Waals surface area contributed by atoms with E-state index >= 15 is 0 Å². The number of nitrogens with zero attached hydrogens (tertiary/aromatic N) is 4. The molecule has 4 aromatic rings. The first-order chi connectivity index (χ1) is 18.2. The van der Waals surface area contributed by atoms with Gasteiger partial charge in [0.05, 0.1) is 17.3 Å². The van der Waals surface area contributed by atoms with Gasteiger partial charge in [0, 0.05) is 36.1 Å². The molecule has 0 atom stereocenters. The van der Waals surface area contributed by atoms with Gasteiger partial charge in [-0.25, -0.2) is 14.8 Å². The highest BCUT2D eigenvalue weighted by atomic mass is 16.6. The number of Topliss-reactive ketones (excluding diaryl/α,β-unsaturated/α-hetero) is 1. The van der Waals surface area contributed by atoms with Gasteiger partial charge in [-0.15, -0.1) is 0 Å². The van der Waals surface area contributed by atoms with Gasteiger partial charge in [-0.05, 0) is 49.6 Å². The molecule has 8 nitrogen and oxygen atoms in total. The summed E-state index contributed by atoms with van der Waals surface area (Å²) >= 11 is 0. The number of anilines is 1. The van der Waals surface area contributed by atoms with Gasteiger partial charge in [-0.3, -0.25) is 9.78 Å². The zero-order valence-corrected chi connectivity index (χ0v) is 21.6. The van der Waals surface area contributed by atoms with Gasteiger partial charge < -0.3 is 15.4 Å². The van der Waals surface area contributed by atoms with Crippen LogP contribution in [0.15, 0.2) is 73.2 Å². The Bertz CT molecular complexity index is 1540. The maximum Gasteiger partial charge on any atom is 0.410 e. The third kappa shape index (κ3) is 5.25. The van der Waals surface area contributed by atoms with E-state index in [0.717, 1.165) is 33.3 Å². The molecule has 3 heterocycles. The summed E-state index contributed by atoms with van der Waals surface area (Å²) in [7, 11) is 0. The number of pyridine rings is 1. The molecule has 1 aliphatic rings. The molecule has 2 aromatic heterocycles. The third-order valence-corrected chi connectivity index (χ3v) is 6.32. The molecule has 0 saturated carbocycles. The predicted octanol–water partition coefficient (Wildman–Crippen LogP) is 5.33. The highest BCUT2D eigenvalue weighted by molar-refractivity contribution is 6.06. The quantitative estimate of drug-likeness (QED) is 0.363. The molecule has 0 spiro atoms. The van der Waals surface area contributed by atoms with Gasteiger partial charge in [0.25, 0.3) is 0 Å². The molecule has 0 aliphatic carbocycles. The second-order valence-corrected chi connectivity index (χ2v) is 10.2. The highest BCUT2D eigenvalue weighted by Gasteiger charge is 2.27. The average Bonchev–Trinajstić information content (AvgIpc) is 3.38. The van der Waals surface area contributed by atoms with E-state index in [9.17, 15) is 9.59 Å². The van der Waals surface area contributed by atoms with Crippen LogP contribution in [0.3, 0.4) is 0 Å². The fourth-order valence-electron chi connectivity index (χ4n) is 4.52. The standard InChI is InChI=1S/C30H29N5O3/c1-30(2,3)38-29(37)35-15-13-21(17-35)24-12-11-23(26-27(24)33-18-34-28(26)31)19-7-9-20(10-8-19)25(36)16-22-6-4-5-14-32-22/h4-14,18H,15-17H2,1-3H3,(H2,31,33,34). The highest BCUT2D eigenvalue weighted by Crippen LogP contribution is 2.36. The Kier molecular flexibility index (Phi) is 6.63. The topological polar surface area (TPSA) is 111 Å². The number of hydrogen-bond acceptors (Lipinski definition) is 7. The fourth-order valence-corrected chi connectivity index (χ4v) is 4.52. The monoisotopic (exact) mass is 507 g/mol. The number of carbonyl (C=O) groups is 2. The lowest BCUT2D eigenvalue weighted by molar-refractivity contribution is 0.0306. The van der Waals surface area contributed by atoms with Crippen LogP contribution in [0.25, 0.3) is 27.6 Å². The number of hydrogen-bond donors (Lipinski definition) is 1. The summed E-state index contributed by atoms with van der Waals surface area (Å²) in [5, 5.41) is 0.731. The van der Waals surface area contributed by atoms with Crippen LogP contribution >= 0.6 is 0 Å². The summed E-state index contributed by atoms with van der Waals surface area (Å²) in [6.45, 7) is 6.43. The van der Waals surface area contributed by atoms with Crippen molar-refractivity contribution >= 4 is 34.2 Å². The summed E-state index contributed by atoms with van der Waals surface area (Å²) < 4.78 is 5.53. The number of ketones is 1. The number of aromatic nitrogens is 3. The molecule has 2 aromatic carbocycles. The van der Waals surface area contributed by atoms with Crippen LogP contribution < -0.4 is 5.73 Å². The predicted molar refractivity (Wildman–Crippen MR) is 147 cm³/mol. The maximum atomic E-state index is 12.7. The van der Waals surface area contributed by atoms with Crippen molar-refractivity contribution in [3.05, 3.63) is 90.0 Å². The molecule has 5 rings (SSSR count). The van der Waals surface area contributed by atoms with Crippen molar-refractivity contribution < 1.29 is 14.3 Å². The van der Waals surface area contributed by atoms with Gasteiger partial charge in [0.15, 0.2) is 5.78 Å². The normalized spacial score (nSPS) is 13.4. The minimum Gasteiger partial charge on any atom is -0.444 e. The molecule has 38 heavy (non-hydrogen) atoms. The van der Waals surface area contributed by atoms with Gasteiger partial charge in [-0.2, -0.15) is 0 Å². The summed E-state index contributed by atoms with van der Waals surface area (Å²) in [5.41, 5.74) is 11.5. The van der Waals surface area contributed by atoms with Crippen molar-refractivity contribution in [3.63, 3.8) is 0 Å². The average molecular weight is 508 g/mol. The fraction of sp³-hybridized carbons (Fsp3) is 0.233. The first kappa shape index (κ1) is 25.1. The Hall–Kier alpha value is -4.59. The minimum atomic E-state index is -0.561. The molecule has 0 unspecified atom stereocenters. The Morgan fingerprint density at radius 1 is 0.974 bits per heavy atom. The summed E-state index contributed by atoms with van der Waals surface area (Å²) in [6.07, 6.45) is 5.04. The maximum absolute atomic E-state index is 12.7. The summed E-state index contributed by atoms with van der Waals surface area (Å²) in [4.78, 5) is 40.0. The Morgan fingerprint density at radius 2 is 1.74 bits per heavy atom. The van der Waals surface area contributed by atoms with E-state index < -0.39 is 5.60 Å². The number of amides is 1. The minimum absolute atomic E-state index is 0.000940. The summed E-state index contributed by atoms with van der Waals surface area (Å²) in [6, 6.07) is 17.0. The van der Waals surface area contributed by atoms with Crippen LogP contribution in [-0.2, 0) is 11.2 Å². The molecule has 0 saturated heterocycles. The van der Waals surface area contributed by atoms with E-state index in [1.54, 1.807) is 11.1 Å². The summed E-state index contributed by atoms with van der Waals surface area (Å²) in [5.74, 6) is 0.366. The Morgan fingerprint density at radius 3 is 2.45 bits per heavy atom. The number of rotatable bonds is 5. The van der Waals surface area contributed by atoms with E-state index in [2.05, 4.69) is 15.0 Å². The van der Waals surface area contributed by atoms with E-state index in [4.69, 9.17) is 10.5 Å². The third-order valence-electron chi connectivity index (χ3n) is 6.32. The van der Waals surface area contributed by atoms with Gasteiger partial charge >= 0.3 is 6.09 Å². The second kappa shape index (κ2) is 10.0.